The number of hydrogen-bond donors (Lipinski definition) is 2. The Kier molecular flexibility index (Phi) is 4.78. The van der Waals surface area contributed by atoms with Crippen LogP contribution in [0.1, 0.15) is 5.56 Å². The number of halogens is 1. The first kappa shape index (κ1) is 17.4. The summed E-state index contributed by atoms with van der Waals surface area (Å²) < 4.78 is 41.4. The Labute approximate surface area is 148 Å². The normalized spacial score (nSPS) is 14.9. The van der Waals surface area contributed by atoms with Crippen molar-refractivity contribution in [2.24, 2.45) is 4.40 Å². The van der Waals surface area contributed by atoms with Gasteiger partial charge in [-0.2, -0.15) is 8.42 Å². The molecule has 2 aromatic rings. The minimum Gasteiger partial charge on any atom is -0.333 e. The van der Waals surface area contributed by atoms with Crippen LogP contribution in [-0.4, -0.2) is 25.2 Å². The van der Waals surface area contributed by atoms with Gasteiger partial charge < -0.3 is 10.6 Å². The number of nitrogens with zero attached hydrogens (tertiary/aromatic N) is 1. The van der Waals surface area contributed by atoms with Crippen LogP contribution in [0.5, 0.6) is 0 Å². The second-order valence-corrected chi connectivity index (χ2v) is 7.83. The molecule has 0 spiro atoms. The zero-order chi connectivity index (χ0) is 18.0. The summed E-state index contributed by atoms with van der Waals surface area (Å²) in [6.07, 6.45) is 0. The molecule has 0 fully saturated rings. The number of fused-ring (bicyclic) bond motifs is 1. The predicted octanol–water partition coefficient (Wildman–Crippen LogP) is 2.98. The lowest BCUT2D eigenvalue weighted by Gasteiger charge is -2.17. The van der Waals surface area contributed by atoms with Crippen molar-refractivity contribution in [3.05, 3.63) is 53.8 Å². The molecule has 0 aliphatic carbocycles. The third-order valence-electron chi connectivity index (χ3n) is 3.41. The maximum Gasteiger partial charge on any atom is 0.286 e. The summed E-state index contributed by atoms with van der Waals surface area (Å²) in [7, 11) is -3.79. The molecule has 0 radical (unpaired) electrons. The Bertz CT molecular complexity index is 974. The van der Waals surface area contributed by atoms with Gasteiger partial charge in [-0.05, 0) is 36.8 Å². The number of benzene rings is 2. The van der Waals surface area contributed by atoms with E-state index >= 15 is 0 Å². The Morgan fingerprint density at radius 2 is 2.04 bits per heavy atom. The Morgan fingerprint density at radius 1 is 1.28 bits per heavy atom. The van der Waals surface area contributed by atoms with Gasteiger partial charge >= 0.3 is 0 Å². The van der Waals surface area contributed by atoms with E-state index in [1.165, 1.54) is 12.1 Å². The monoisotopic (exact) mass is 379 g/mol. The number of nitrogens with one attached hydrogen (secondary N) is 2. The Hall–Kier alpha value is -2.39. The van der Waals surface area contributed by atoms with Crippen LogP contribution in [0.4, 0.5) is 15.8 Å². The maximum atomic E-state index is 13.5. The van der Waals surface area contributed by atoms with Crippen molar-refractivity contribution in [3.8, 4) is 0 Å². The topological polar surface area (TPSA) is 87.6 Å². The van der Waals surface area contributed by atoms with Crippen molar-refractivity contribution in [2.75, 3.05) is 16.4 Å². The number of thioether (sulfide) groups is 1. The van der Waals surface area contributed by atoms with Gasteiger partial charge in [0.15, 0.2) is 5.17 Å². The average molecular weight is 379 g/mol. The zero-order valence-corrected chi connectivity index (χ0v) is 14.7. The molecule has 0 unspecified atom stereocenters. The summed E-state index contributed by atoms with van der Waals surface area (Å²) in [6, 6.07) is 10.8. The molecular formula is C16H14FN3O3S2. The quantitative estimate of drug-likeness (QED) is 0.856. The molecule has 1 aliphatic rings. The van der Waals surface area contributed by atoms with Crippen molar-refractivity contribution in [2.45, 2.75) is 11.8 Å². The smallest absolute Gasteiger partial charge is 0.286 e. The molecule has 130 valence electrons. The third kappa shape index (κ3) is 3.99. The minimum atomic E-state index is -3.79. The average Bonchev–Trinajstić information content (AvgIpc) is 2.56. The number of para-hydroxylation sites is 1. The molecular weight excluding hydrogens is 365 g/mol. The maximum absolute atomic E-state index is 13.5. The van der Waals surface area contributed by atoms with Gasteiger partial charge in [-0.15, -0.1) is 4.40 Å². The van der Waals surface area contributed by atoms with E-state index in [9.17, 15) is 17.6 Å². The summed E-state index contributed by atoms with van der Waals surface area (Å²) in [5.74, 6) is -0.876. The van der Waals surface area contributed by atoms with Crippen LogP contribution < -0.4 is 10.6 Å². The first-order valence-electron chi connectivity index (χ1n) is 7.25. The first-order chi connectivity index (χ1) is 11.8. The van der Waals surface area contributed by atoms with E-state index in [4.69, 9.17) is 0 Å². The number of carbonyl (C=O) groups excluding carboxylic acids is 1. The van der Waals surface area contributed by atoms with Crippen molar-refractivity contribution in [3.63, 3.8) is 0 Å². The molecule has 0 saturated heterocycles. The van der Waals surface area contributed by atoms with Crippen molar-refractivity contribution >= 4 is 44.2 Å². The molecule has 3 rings (SSSR count). The van der Waals surface area contributed by atoms with E-state index < -0.39 is 21.7 Å². The number of anilines is 2. The summed E-state index contributed by atoms with van der Waals surface area (Å²) in [6.45, 7) is 1.63. The fourth-order valence-corrected chi connectivity index (χ4v) is 4.19. The molecule has 2 aromatic carbocycles. The highest BCUT2D eigenvalue weighted by molar-refractivity contribution is 8.15. The van der Waals surface area contributed by atoms with Crippen LogP contribution in [0, 0.1) is 12.7 Å². The summed E-state index contributed by atoms with van der Waals surface area (Å²) in [5, 5.41) is 5.55. The number of rotatable bonds is 3. The highest BCUT2D eigenvalue weighted by Crippen LogP contribution is 2.29. The first-order valence-corrected chi connectivity index (χ1v) is 9.67. The standard InChI is InChI=1S/C16H14FN3O3S2/c1-10-6-7-11(8-12(10)17)18-15(21)9-24-16-19-13-4-2-3-5-14(13)25(22,23)20-16/h2-8H,9H2,1H3,(H,18,21)(H,19,20). The van der Waals surface area contributed by atoms with E-state index in [-0.39, 0.29) is 15.8 Å². The molecule has 1 amide bonds. The van der Waals surface area contributed by atoms with Gasteiger partial charge in [-0.25, -0.2) is 4.39 Å². The van der Waals surface area contributed by atoms with Crippen LogP contribution in [0.25, 0.3) is 0 Å². The SMILES string of the molecule is Cc1ccc(NC(=O)CSC2=NS(=O)(=O)c3ccccc3N2)cc1F. The molecule has 0 atom stereocenters. The van der Waals surface area contributed by atoms with Crippen molar-refractivity contribution in [1.29, 1.82) is 0 Å². The summed E-state index contributed by atoms with van der Waals surface area (Å²) in [5.41, 5.74) is 1.24. The lowest BCUT2D eigenvalue weighted by atomic mass is 10.2. The van der Waals surface area contributed by atoms with E-state index in [0.29, 0.717) is 16.9 Å². The van der Waals surface area contributed by atoms with Gasteiger partial charge in [-0.1, -0.05) is 30.0 Å². The zero-order valence-electron chi connectivity index (χ0n) is 13.1. The second-order valence-electron chi connectivity index (χ2n) is 5.29. The van der Waals surface area contributed by atoms with Crippen LogP contribution in [0.15, 0.2) is 51.8 Å². The molecule has 0 aromatic heterocycles. The largest absolute Gasteiger partial charge is 0.333 e. The molecule has 1 heterocycles. The molecule has 2 N–H and O–H groups in total. The minimum absolute atomic E-state index is 0.0704. The molecule has 25 heavy (non-hydrogen) atoms. The highest BCUT2D eigenvalue weighted by Gasteiger charge is 2.24. The van der Waals surface area contributed by atoms with Crippen LogP contribution in [0.2, 0.25) is 0 Å². The van der Waals surface area contributed by atoms with Crippen molar-refractivity contribution < 1.29 is 17.6 Å². The van der Waals surface area contributed by atoms with Crippen LogP contribution in [-0.2, 0) is 14.8 Å². The fraction of sp³-hybridized carbons (Fsp3) is 0.125. The Balaban J connectivity index is 1.65. The summed E-state index contributed by atoms with van der Waals surface area (Å²) in [4.78, 5) is 12.1. The third-order valence-corrected chi connectivity index (χ3v) is 5.73. The van der Waals surface area contributed by atoms with Gasteiger partial charge in [0.05, 0.1) is 11.4 Å². The van der Waals surface area contributed by atoms with Crippen molar-refractivity contribution in [1.82, 2.24) is 0 Å². The van der Waals surface area contributed by atoms with E-state index in [1.807, 2.05) is 0 Å². The number of hydrogen-bond acceptors (Lipinski definition) is 5. The van der Waals surface area contributed by atoms with Gasteiger partial charge in [0.2, 0.25) is 5.91 Å². The molecule has 0 bridgehead atoms. The van der Waals surface area contributed by atoms with Gasteiger partial charge in [0, 0.05) is 5.69 Å². The van der Waals surface area contributed by atoms with E-state index in [0.717, 1.165) is 11.8 Å². The van der Waals surface area contributed by atoms with E-state index in [1.54, 1.807) is 37.3 Å². The van der Waals surface area contributed by atoms with Gasteiger partial charge in [-0.3, -0.25) is 4.79 Å². The molecule has 0 saturated carbocycles. The van der Waals surface area contributed by atoms with Gasteiger partial charge in [0.1, 0.15) is 10.7 Å². The second kappa shape index (κ2) is 6.85. The molecule has 6 nitrogen and oxygen atoms in total. The van der Waals surface area contributed by atoms with Gasteiger partial charge in [0.25, 0.3) is 10.0 Å². The Morgan fingerprint density at radius 3 is 2.80 bits per heavy atom. The fourth-order valence-electron chi connectivity index (χ4n) is 2.16. The highest BCUT2D eigenvalue weighted by atomic mass is 32.2. The number of carbonyl (C=O) groups is 1. The number of sulfonamides is 1. The number of amides is 1. The lowest BCUT2D eigenvalue weighted by molar-refractivity contribution is -0.113. The lowest BCUT2D eigenvalue weighted by Crippen LogP contribution is -2.22. The van der Waals surface area contributed by atoms with Crippen LogP contribution in [0.3, 0.4) is 0 Å². The number of amidine groups is 1. The molecule has 9 heteroatoms. The summed E-state index contributed by atoms with van der Waals surface area (Å²) >= 11 is 0.952. The number of aryl methyl sites for hydroxylation is 1. The van der Waals surface area contributed by atoms with Crippen LogP contribution >= 0.6 is 11.8 Å². The predicted molar refractivity (Wildman–Crippen MR) is 96.9 cm³/mol. The molecule has 1 aliphatic heterocycles. The van der Waals surface area contributed by atoms with E-state index in [2.05, 4.69) is 15.0 Å².